The zero-order chi connectivity index (χ0) is 23.1. The molecule has 0 spiro atoms. The smallest absolute Gasteiger partial charge is 0.257 e. The first-order valence-electron chi connectivity index (χ1n) is 11.2. The van der Waals surface area contributed by atoms with Crippen molar-refractivity contribution >= 4 is 17.6 Å². The van der Waals surface area contributed by atoms with Crippen LogP contribution >= 0.6 is 0 Å². The molecule has 1 N–H and O–H groups in total. The molecule has 0 aliphatic carbocycles. The number of anilines is 1. The Morgan fingerprint density at radius 1 is 1.24 bits per heavy atom. The fourth-order valence-corrected chi connectivity index (χ4v) is 4.71. The highest BCUT2D eigenvalue weighted by Gasteiger charge is 2.37. The maximum absolute atomic E-state index is 14.1. The molecule has 1 fully saturated rings. The van der Waals surface area contributed by atoms with Gasteiger partial charge in [-0.25, -0.2) is 14.4 Å². The number of carbonyl (C=O) groups is 2. The van der Waals surface area contributed by atoms with Crippen molar-refractivity contribution in [2.75, 3.05) is 18.0 Å². The molecule has 2 amide bonds. The number of H-pyrrole nitrogens is 1. The second-order valence-electron chi connectivity index (χ2n) is 8.60. The number of nitrogens with one attached hydrogen (secondary N) is 1. The molecule has 0 saturated carbocycles. The summed E-state index contributed by atoms with van der Waals surface area (Å²) in [5.74, 6) is 0.683. The van der Waals surface area contributed by atoms with Gasteiger partial charge in [-0.2, -0.15) is 5.10 Å². The number of aryl methyl sites for hydroxylation is 2. The van der Waals surface area contributed by atoms with E-state index in [9.17, 15) is 14.0 Å². The second-order valence-corrected chi connectivity index (χ2v) is 8.60. The molecule has 2 aliphatic rings. The Balaban J connectivity index is 1.43. The molecule has 1 unspecified atom stereocenters. The van der Waals surface area contributed by atoms with Crippen LogP contribution < -0.4 is 4.90 Å². The van der Waals surface area contributed by atoms with Crippen molar-refractivity contribution in [3.63, 3.8) is 0 Å². The minimum atomic E-state index is -0.279. The van der Waals surface area contributed by atoms with Crippen LogP contribution in [0.15, 0.2) is 30.5 Å². The number of aromatic nitrogens is 4. The highest BCUT2D eigenvalue weighted by atomic mass is 19.1. The number of aromatic amines is 1. The van der Waals surface area contributed by atoms with Gasteiger partial charge in [0.25, 0.3) is 5.91 Å². The molecule has 3 aromatic rings. The largest absolute Gasteiger partial charge is 0.328 e. The summed E-state index contributed by atoms with van der Waals surface area (Å²) in [5.41, 5.74) is 3.38. The van der Waals surface area contributed by atoms with Crippen LogP contribution in [-0.4, -0.2) is 50.0 Å². The standard InChI is InChI=1S/C24H25FN6O2/c1-14-17-12-21(32)31(11-9-16-6-3-4-7-19(16)25)23(17)28-22(27-14)20-8-5-10-30(20)24(33)18-13-26-29-15(18)2/h3-4,6-7,13,20H,5,8-12H2,1-2H3,(H,26,29). The second kappa shape index (κ2) is 8.38. The highest BCUT2D eigenvalue weighted by molar-refractivity contribution is 6.00. The van der Waals surface area contributed by atoms with Gasteiger partial charge in [0.1, 0.15) is 11.6 Å². The van der Waals surface area contributed by atoms with Gasteiger partial charge < -0.3 is 4.90 Å². The van der Waals surface area contributed by atoms with Crippen molar-refractivity contribution in [1.82, 2.24) is 25.1 Å². The molecule has 1 aromatic carbocycles. The van der Waals surface area contributed by atoms with E-state index in [1.807, 2.05) is 13.8 Å². The number of fused-ring (bicyclic) bond motifs is 1. The zero-order valence-corrected chi connectivity index (χ0v) is 18.6. The van der Waals surface area contributed by atoms with Crippen molar-refractivity contribution in [2.24, 2.45) is 0 Å². The SMILES string of the molecule is Cc1nc(C2CCCN2C(=O)c2cn[nH]c2C)nc2c1CC(=O)N2CCc1ccccc1F. The number of rotatable bonds is 5. The van der Waals surface area contributed by atoms with Gasteiger partial charge in [0, 0.05) is 30.0 Å². The van der Waals surface area contributed by atoms with E-state index in [0.717, 1.165) is 29.8 Å². The van der Waals surface area contributed by atoms with Crippen LogP contribution in [0.4, 0.5) is 10.2 Å². The van der Waals surface area contributed by atoms with E-state index >= 15 is 0 Å². The number of amides is 2. The lowest BCUT2D eigenvalue weighted by Crippen LogP contribution is -2.33. The molecule has 4 heterocycles. The zero-order valence-electron chi connectivity index (χ0n) is 18.6. The molecular formula is C24H25FN6O2. The van der Waals surface area contributed by atoms with Gasteiger partial charge in [-0.15, -0.1) is 0 Å². The van der Waals surface area contributed by atoms with E-state index in [2.05, 4.69) is 10.2 Å². The normalized spacial score (nSPS) is 17.7. The molecule has 5 rings (SSSR count). The number of benzene rings is 1. The number of hydrogen-bond acceptors (Lipinski definition) is 5. The summed E-state index contributed by atoms with van der Waals surface area (Å²) in [6.07, 6.45) is 3.78. The fourth-order valence-electron chi connectivity index (χ4n) is 4.71. The van der Waals surface area contributed by atoms with Gasteiger partial charge in [-0.1, -0.05) is 18.2 Å². The van der Waals surface area contributed by atoms with E-state index in [-0.39, 0.29) is 30.1 Å². The van der Waals surface area contributed by atoms with E-state index < -0.39 is 0 Å². The predicted octanol–water partition coefficient (Wildman–Crippen LogP) is 3.06. The highest BCUT2D eigenvalue weighted by Crippen LogP contribution is 2.36. The first-order chi connectivity index (χ1) is 15.9. The predicted molar refractivity (Wildman–Crippen MR) is 119 cm³/mol. The van der Waals surface area contributed by atoms with Crippen LogP contribution in [0.3, 0.4) is 0 Å². The average Bonchev–Trinajstić information content (AvgIpc) is 3.52. The van der Waals surface area contributed by atoms with E-state index in [0.29, 0.717) is 42.3 Å². The monoisotopic (exact) mass is 448 g/mol. The quantitative estimate of drug-likeness (QED) is 0.647. The molecule has 0 radical (unpaired) electrons. The Morgan fingerprint density at radius 3 is 2.82 bits per heavy atom. The number of carbonyl (C=O) groups excluding carboxylic acids is 2. The fraction of sp³-hybridized carbons (Fsp3) is 0.375. The Morgan fingerprint density at radius 2 is 2.06 bits per heavy atom. The lowest BCUT2D eigenvalue weighted by molar-refractivity contribution is -0.117. The minimum Gasteiger partial charge on any atom is -0.328 e. The third-order valence-corrected chi connectivity index (χ3v) is 6.53. The molecule has 170 valence electrons. The molecule has 2 aromatic heterocycles. The van der Waals surface area contributed by atoms with Crippen LogP contribution in [0.1, 0.15) is 57.6 Å². The number of nitrogens with zero attached hydrogens (tertiary/aromatic N) is 5. The Labute approximate surface area is 190 Å². The summed E-state index contributed by atoms with van der Waals surface area (Å²) in [6, 6.07) is 6.33. The molecule has 1 saturated heterocycles. The van der Waals surface area contributed by atoms with Crippen LogP contribution in [0, 0.1) is 19.7 Å². The Bertz CT molecular complexity index is 1240. The first-order valence-corrected chi connectivity index (χ1v) is 11.2. The molecule has 33 heavy (non-hydrogen) atoms. The summed E-state index contributed by atoms with van der Waals surface area (Å²) in [4.78, 5) is 38.8. The van der Waals surface area contributed by atoms with Gasteiger partial charge in [0.15, 0.2) is 5.82 Å². The van der Waals surface area contributed by atoms with Crippen molar-refractivity contribution in [1.29, 1.82) is 0 Å². The van der Waals surface area contributed by atoms with Gasteiger partial charge in [0.05, 0.1) is 24.2 Å². The number of likely N-dealkylation sites (tertiary alicyclic amines) is 1. The maximum atomic E-state index is 14.1. The van der Waals surface area contributed by atoms with Crippen molar-refractivity contribution < 1.29 is 14.0 Å². The van der Waals surface area contributed by atoms with Crippen molar-refractivity contribution in [2.45, 2.75) is 45.6 Å². The molecule has 9 heteroatoms. The summed E-state index contributed by atoms with van der Waals surface area (Å²) >= 11 is 0. The number of hydrogen-bond donors (Lipinski definition) is 1. The molecule has 2 aliphatic heterocycles. The van der Waals surface area contributed by atoms with Crippen molar-refractivity contribution in [3.8, 4) is 0 Å². The average molecular weight is 449 g/mol. The van der Waals surface area contributed by atoms with E-state index in [1.54, 1.807) is 34.2 Å². The van der Waals surface area contributed by atoms with E-state index in [4.69, 9.17) is 9.97 Å². The van der Waals surface area contributed by atoms with Crippen LogP contribution in [0.5, 0.6) is 0 Å². The van der Waals surface area contributed by atoms with Gasteiger partial charge in [0.2, 0.25) is 5.91 Å². The van der Waals surface area contributed by atoms with Crippen LogP contribution in [0.2, 0.25) is 0 Å². The minimum absolute atomic E-state index is 0.0655. The third-order valence-electron chi connectivity index (χ3n) is 6.53. The lowest BCUT2D eigenvalue weighted by atomic mass is 10.1. The van der Waals surface area contributed by atoms with Gasteiger partial charge in [-0.3, -0.25) is 19.6 Å². The molecule has 0 bridgehead atoms. The van der Waals surface area contributed by atoms with Crippen LogP contribution in [-0.2, 0) is 17.6 Å². The Hall–Kier alpha value is -3.62. The summed E-state index contributed by atoms with van der Waals surface area (Å²) in [6.45, 7) is 4.65. The summed E-state index contributed by atoms with van der Waals surface area (Å²) in [5, 5.41) is 6.78. The molecule has 8 nitrogen and oxygen atoms in total. The Kier molecular flexibility index (Phi) is 5.39. The topological polar surface area (TPSA) is 95.1 Å². The summed E-state index contributed by atoms with van der Waals surface area (Å²) in [7, 11) is 0. The molecular weight excluding hydrogens is 423 g/mol. The van der Waals surface area contributed by atoms with Crippen molar-refractivity contribution in [3.05, 3.63) is 70.2 Å². The van der Waals surface area contributed by atoms with Gasteiger partial charge in [-0.05, 0) is 44.7 Å². The first kappa shape index (κ1) is 21.2. The summed E-state index contributed by atoms with van der Waals surface area (Å²) < 4.78 is 14.1. The van der Waals surface area contributed by atoms with E-state index in [1.165, 1.54) is 6.07 Å². The molecule has 1 atom stereocenters. The maximum Gasteiger partial charge on any atom is 0.257 e. The third kappa shape index (κ3) is 3.77. The lowest BCUT2D eigenvalue weighted by Gasteiger charge is -2.25. The van der Waals surface area contributed by atoms with Crippen LogP contribution in [0.25, 0.3) is 0 Å². The number of halogens is 1. The van der Waals surface area contributed by atoms with Gasteiger partial charge >= 0.3 is 0 Å².